The Hall–Kier alpha value is -2.28. The van der Waals surface area contributed by atoms with Crippen LogP contribution in [0.4, 0.5) is 4.79 Å². The molecule has 0 unspecified atom stereocenters. The van der Waals surface area contributed by atoms with Crippen molar-refractivity contribution in [1.82, 2.24) is 10.2 Å². The highest BCUT2D eigenvalue weighted by Gasteiger charge is 2.47. The van der Waals surface area contributed by atoms with E-state index in [-0.39, 0.29) is 50.7 Å². The van der Waals surface area contributed by atoms with Gasteiger partial charge in [-0.1, -0.05) is 52.5 Å². The summed E-state index contributed by atoms with van der Waals surface area (Å²) in [6.45, 7) is 13.1. The monoisotopic (exact) mass is 638 g/mol. The zero-order chi connectivity index (χ0) is 32.7. The Kier molecular flexibility index (Phi) is 14.7. The van der Waals surface area contributed by atoms with E-state index in [2.05, 4.69) is 5.32 Å². The van der Waals surface area contributed by atoms with E-state index in [0.29, 0.717) is 44.6 Å². The molecule has 0 aliphatic carbocycles. The van der Waals surface area contributed by atoms with Crippen LogP contribution in [-0.4, -0.2) is 111 Å². The molecule has 3 aliphatic heterocycles. The molecule has 0 aromatic heterocycles. The lowest BCUT2D eigenvalue weighted by atomic mass is 9.88. The molecule has 2 fully saturated rings. The number of nitrogens with one attached hydrogen (secondary N) is 1. The van der Waals surface area contributed by atoms with Gasteiger partial charge in [0.2, 0.25) is 0 Å². The highest BCUT2D eigenvalue weighted by atomic mass is 16.6. The van der Waals surface area contributed by atoms with E-state index in [1.807, 2.05) is 27.7 Å². The Morgan fingerprint density at radius 1 is 1.31 bits per heavy atom. The van der Waals surface area contributed by atoms with Crippen LogP contribution in [0, 0.1) is 11.8 Å². The molecule has 0 aromatic carbocycles. The molecule has 45 heavy (non-hydrogen) atoms. The fourth-order valence-corrected chi connectivity index (χ4v) is 5.83. The third-order valence-electron chi connectivity index (χ3n) is 8.97. The summed E-state index contributed by atoms with van der Waals surface area (Å²) in [6, 6.07) is 0. The van der Waals surface area contributed by atoms with E-state index in [1.54, 1.807) is 49.1 Å². The molecule has 0 bridgehead atoms. The minimum atomic E-state index is -1.48. The summed E-state index contributed by atoms with van der Waals surface area (Å²) in [7, 11) is 0. The molecule has 1 amide bonds. The smallest absolute Gasteiger partial charge is 0.410 e. The molecule has 5 N–H and O–H groups in total. The van der Waals surface area contributed by atoms with Crippen molar-refractivity contribution in [2.75, 3.05) is 26.2 Å². The molecule has 3 aliphatic rings. The van der Waals surface area contributed by atoms with Gasteiger partial charge in [0, 0.05) is 44.4 Å². The quantitative estimate of drug-likeness (QED) is 0.110. The van der Waals surface area contributed by atoms with Crippen molar-refractivity contribution in [3.63, 3.8) is 0 Å². The molecular formula is C34H58N2O9. The van der Waals surface area contributed by atoms with Gasteiger partial charge in [-0.2, -0.15) is 0 Å². The molecule has 3 rings (SSSR count). The summed E-state index contributed by atoms with van der Waals surface area (Å²) < 4.78 is 17.3. The van der Waals surface area contributed by atoms with Crippen LogP contribution in [0.15, 0.2) is 36.0 Å². The lowest BCUT2D eigenvalue weighted by Gasteiger charge is -2.35. The summed E-state index contributed by atoms with van der Waals surface area (Å²) in [5, 5.41) is 46.1. The number of aliphatic hydroxyl groups excluding tert-OH is 2. The van der Waals surface area contributed by atoms with Gasteiger partial charge in [0.25, 0.3) is 0 Å². The summed E-state index contributed by atoms with van der Waals surface area (Å²) >= 11 is 0. The van der Waals surface area contributed by atoms with Crippen LogP contribution in [0.1, 0.15) is 81.1 Å². The van der Waals surface area contributed by atoms with Crippen LogP contribution in [0.5, 0.6) is 0 Å². The van der Waals surface area contributed by atoms with E-state index in [1.165, 1.54) is 0 Å². The predicted molar refractivity (Wildman–Crippen MR) is 172 cm³/mol. The molecule has 0 spiro atoms. The predicted octanol–water partition coefficient (Wildman–Crippen LogP) is 3.25. The minimum absolute atomic E-state index is 0. The standard InChI is InChI=1S/C33H54N2O9.CH4/c1-7-25(37)23(4)30-26(42-30)20-32(5,40)13-8-9-21(2)29-22(3)10-11-27(43-31(39)35-17-15-34-16-18-35)33(6,41)14-12-24(36)19-28(38)44-29;/h8-11,13,22-27,29-30,34,36-37,40-41H,7,12,14-20H2,1-6H3;1H4/b11-10+,13-8+,21-9+;/t22-,23+,24+,25-,26+,27-,29+,30+,32-,33+;/m0./s1. The van der Waals surface area contributed by atoms with Crippen LogP contribution in [0.2, 0.25) is 0 Å². The van der Waals surface area contributed by atoms with Crippen molar-refractivity contribution in [1.29, 1.82) is 0 Å². The molecule has 10 atom stereocenters. The first-order chi connectivity index (χ1) is 20.6. The van der Waals surface area contributed by atoms with E-state index in [9.17, 15) is 30.0 Å². The number of carbonyl (C=O) groups excluding carboxylic acids is 2. The number of nitrogens with zero attached hydrogens (tertiary/aromatic N) is 1. The molecular weight excluding hydrogens is 580 g/mol. The number of hydrogen-bond donors (Lipinski definition) is 5. The first-order valence-electron chi connectivity index (χ1n) is 16.0. The van der Waals surface area contributed by atoms with Crippen molar-refractivity contribution >= 4 is 12.1 Å². The zero-order valence-electron chi connectivity index (χ0n) is 27.1. The topological polar surface area (TPSA) is 161 Å². The van der Waals surface area contributed by atoms with Gasteiger partial charge in [-0.3, -0.25) is 4.79 Å². The fraction of sp³-hybridized carbons (Fsp3) is 0.765. The van der Waals surface area contributed by atoms with Gasteiger partial charge < -0.3 is 44.9 Å². The number of esters is 1. The molecule has 11 nitrogen and oxygen atoms in total. The van der Waals surface area contributed by atoms with Crippen molar-refractivity contribution < 1.29 is 44.2 Å². The molecule has 11 heteroatoms. The van der Waals surface area contributed by atoms with Crippen molar-refractivity contribution in [3.8, 4) is 0 Å². The van der Waals surface area contributed by atoms with Gasteiger partial charge in [-0.25, -0.2) is 4.79 Å². The summed E-state index contributed by atoms with van der Waals surface area (Å²) in [6.07, 6.45) is 5.68. The number of aliphatic hydroxyl groups is 4. The number of piperazine rings is 1. The number of ether oxygens (including phenoxy) is 3. The van der Waals surface area contributed by atoms with Crippen LogP contribution in [0.3, 0.4) is 0 Å². The number of carbonyl (C=O) groups is 2. The molecule has 0 saturated carbocycles. The largest absolute Gasteiger partial charge is 0.457 e. The van der Waals surface area contributed by atoms with Gasteiger partial charge >= 0.3 is 12.1 Å². The van der Waals surface area contributed by atoms with Crippen molar-refractivity contribution in [2.45, 2.75) is 129 Å². The third kappa shape index (κ3) is 11.8. The highest BCUT2D eigenvalue weighted by molar-refractivity contribution is 5.70. The first-order valence-corrected chi connectivity index (χ1v) is 16.0. The summed E-state index contributed by atoms with van der Waals surface area (Å²) in [5.74, 6) is -0.942. The Bertz CT molecular complexity index is 1050. The van der Waals surface area contributed by atoms with E-state index < -0.39 is 47.7 Å². The van der Waals surface area contributed by atoms with Gasteiger partial charge in [0.05, 0.1) is 36.4 Å². The maximum absolute atomic E-state index is 12.9. The van der Waals surface area contributed by atoms with Crippen molar-refractivity contribution in [3.05, 3.63) is 36.0 Å². The SMILES string of the molecule is C.CC[C@H](O)[C@@H](C)[C@H]1O[C@@H]1C[C@@](C)(O)/C=C/C=C(\C)[C@H]1OC(=O)C[C@H](O)CC[C@@](C)(O)[C@@H](OC(=O)N2CCNCC2)/C=C/[C@@H]1C. The second kappa shape index (κ2) is 17.0. The summed E-state index contributed by atoms with van der Waals surface area (Å²) in [4.78, 5) is 27.3. The zero-order valence-corrected chi connectivity index (χ0v) is 27.1. The number of amides is 1. The van der Waals surface area contributed by atoms with Gasteiger partial charge in [-0.05, 0) is 51.7 Å². The van der Waals surface area contributed by atoms with Crippen molar-refractivity contribution in [2.24, 2.45) is 11.8 Å². The Morgan fingerprint density at radius 3 is 2.62 bits per heavy atom. The van der Waals surface area contributed by atoms with E-state index in [0.717, 1.165) is 0 Å². The van der Waals surface area contributed by atoms with Crippen LogP contribution in [-0.2, 0) is 19.0 Å². The van der Waals surface area contributed by atoms with Crippen LogP contribution in [0.25, 0.3) is 0 Å². The maximum atomic E-state index is 12.9. The number of cyclic esters (lactones) is 1. The van der Waals surface area contributed by atoms with Gasteiger partial charge in [0.15, 0.2) is 6.10 Å². The highest BCUT2D eigenvalue weighted by Crippen LogP contribution is 2.37. The summed E-state index contributed by atoms with van der Waals surface area (Å²) in [5.41, 5.74) is -1.93. The number of hydrogen-bond acceptors (Lipinski definition) is 10. The van der Waals surface area contributed by atoms with Gasteiger partial charge in [0.1, 0.15) is 11.7 Å². The maximum Gasteiger partial charge on any atom is 0.410 e. The molecule has 3 heterocycles. The van der Waals surface area contributed by atoms with E-state index in [4.69, 9.17) is 14.2 Å². The molecule has 0 radical (unpaired) electrons. The van der Waals surface area contributed by atoms with E-state index >= 15 is 0 Å². The Morgan fingerprint density at radius 2 is 1.98 bits per heavy atom. The number of rotatable bonds is 9. The lowest BCUT2D eigenvalue weighted by molar-refractivity contribution is -0.151. The minimum Gasteiger partial charge on any atom is -0.457 e. The average Bonchev–Trinajstić information content (AvgIpc) is 3.73. The Labute approximate surface area is 269 Å². The average molecular weight is 639 g/mol. The number of epoxide rings is 1. The third-order valence-corrected chi connectivity index (χ3v) is 8.97. The Balaban J connectivity index is 0.00000705. The molecule has 2 saturated heterocycles. The lowest BCUT2D eigenvalue weighted by Crippen LogP contribution is -2.50. The van der Waals surface area contributed by atoms with Crippen LogP contribution < -0.4 is 5.32 Å². The van der Waals surface area contributed by atoms with Gasteiger partial charge in [-0.15, -0.1) is 0 Å². The normalized spacial score (nSPS) is 35.1. The van der Waals surface area contributed by atoms with Crippen LogP contribution >= 0.6 is 0 Å². The second-order valence-electron chi connectivity index (χ2n) is 13.3. The number of allylic oxidation sites excluding steroid dienone is 2. The molecule has 0 aromatic rings. The molecule has 258 valence electrons. The second-order valence-corrected chi connectivity index (χ2v) is 13.3. The fourth-order valence-electron chi connectivity index (χ4n) is 5.83. The first kappa shape index (κ1) is 38.9.